The summed E-state index contributed by atoms with van der Waals surface area (Å²) in [5, 5.41) is 2.61. The van der Waals surface area contributed by atoms with Crippen molar-refractivity contribution in [2.75, 3.05) is 42.1 Å². The van der Waals surface area contributed by atoms with Crippen LogP contribution in [0.15, 0.2) is 122 Å². The molecule has 43 heavy (non-hydrogen) atoms. The lowest BCUT2D eigenvalue weighted by molar-refractivity contribution is 0.495. The van der Waals surface area contributed by atoms with Crippen molar-refractivity contribution in [3.8, 4) is 5.69 Å². The molecule has 5 nitrogen and oxygen atoms in total. The van der Waals surface area contributed by atoms with Gasteiger partial charge in [-0.15, -0.1) is 0 Å². The fraction of sp³-hybridized carbons (Fsp3) is 0.158. The van der Waals surface area contributed by atoms with Gasteiger partial charge in [0, 0.05) is 54.1 Å². The van der Waals surface area contributed by atoms with Crippen LogP contribution in [0.3, 0.4) is 0 Å². The zero-order valence-corrected chi connectivity index (χ0v) is 24.7. The van der Waals surface area contributed by atoms with E-state index in [1.54, 1.807) is 0 Å². The number of rotatable bonds is 3. The van der Waals surface area contributed by atoms with Crippen molar-refractivity contribution in [1.29, 1.82) is 0 Å². The van der Waals surface area contributed by atoms with Gasteiger partial charge < -0.3 is 24.2 Å². The van der Waals surface area contributed by atoms with E-state index in [-0.39, 0.29) is 5.41 Å². The Kier molecular flexibility index (Phi) is 4.93. The summed E-state index contributed by atoms with van der Waals surface area (Å²) in [4.78, 5) is 9.31. The Hall–Kier alpha value is -5.16. The molecule has 5 heteroatoms. The zero-order valence-electron chi connectivity index (χ0n) is 24.7. The predicted molar refractivity (Wildman–Crippen MR) is 179 cm³/mol. The minimum Gasteiger partial charge on any atom is -0.361 e. The van der Waals surface area contributed by atoms with Crippen LogP contribution < -0.4 is 14.7 Å². The van der Waals surface area contributed by atoms with Crippen molar-refractivity contribution in [3.05, 3.63) is 138 Å². The van der Waals surface area contributed by atoms with Crippen LogP contribution in [0, 0.1) is 0 Å². The molecule has 0 amide bonds. The van der Waals surface area contributed by atoms with E-state index in [1.807, 2.05) is 0 Å². The van der Waals surface area contributed by atoms with Gasteiger partial charge in [-0.1, -0.05) is 60.7 Å². The molecule has 0 N–H and O–H groups in total. The Morgan fingerprint density at radius 2 is 1.40 bits per heavy atom. The fourth-order valence-electron chi connectivity index (χ4n) is 7.71. The molecule has 9 rings (SSSR count). The first kappa shape index (κ1) is 24.4. The number of nitrogens with zero attached hydrogens (tertiary/aromatic N) is 5. The molecule has 0 aliphatic carbocycles. The van der Waals surface area contributed by atoms with E-state index in [1.165, 1.54) is 66.9 Å². The first-order valence-electron chi connectivity index (χ1n) is 15.0. The second kappa shape index (κ2) is 8.68. The molecule has 0 bridgehead atoms. The summed E-state index contributed by atoms with van der Waals surface area (Å²) in [6.45, 7) is 4.11. The normalized spacial score (nSPS) is 18.7. The van der Waals surface area contributed by atoms with Gasteiger partial charge in [-0.2, -0.15) is 0 Å². The third-order valence-electron chi connectivity index (χ3n) is 9.87. The van der Waals surface area contributed by atoms with Crippen molar-refractivity contribution in [2.45, 2.75) is 12.3 Å². The van der Waals surface area contributed by atoms with Crippen LogP contribution >= 0.6 is 0 Å². The maximum atomic E-state index is 2.50. The van der Waals surface area contributed by atoms with Gasteiger partial charge in [0.15, 0.2) is 0 Å². The number of anilines is 4. The smallest absolute Gasteiger partial charge is 0.0950 e. The standard InChI is InChI=1S/C38H33N5/c1-38(26-10-8-11-28(22-26)42-25-40(3)35-16-6-7-17-36(35)42)31-14-9-13-30-29-12-4-5-15-33(29)43(37(30)31)34-19-18-27(23-32(34)38)41-21-20-39(2)24-41/h4-23H,24-25H2,1-3H3. The minimum absolute atomic E-state index is 0.369. The Morgan fingerprint density at radius 1 is 0.605 bits per heavy atom. The van der Waals surface area contributed by atoms with E-state index < -0.39 is 0 Å². The number of aromatic nitrogens is 1. The molecular weight excluding hydrogens is 526 g/mol. The average molecular weight is 560 g/mol. The van der Waals surface area contributed by atoms with E-state index in [4.69, 9.17) is 0 Å². The molecule has 3 aliphatic rings. The first-order chi connectivity index (χ1) is 21.0. The molecule has 0 saturated heterocycles. The minimum atomic E-state index is -0.369. The molecule has 0 fully saturated rings. The Labute approximate surface area is 252 Å². The summed E-state index contributed by atoms with van der Waals surface area (Å²) in [6, 6.07) is 40.7. The molecule has 0 radical (unpaired) electrons. The highest BCUT2D eigenvalue weighted by molar-refractivity contribution is 6.11. The molecular formula is C38H33N5. The molecule has 1 atom stereocenters. The SMILES string of the molecule is CN1C=CN(c2ccc3c(c2)C(C)(c2cccc(N4CN(C)c5ccccc54)c2)c2cccc4c5ccccc5n-3c24)C1. The number of hydrogen-bond acceptors (Lipinski definition) is 4. The monoisotopic (exact) mass is 559 g/mol. The molecule has 5 aromatic carbocycles. The van der Waals surface area contributed by atoms with Crippen LogP contribution in [0.25, 0.3) is 27.5 Å². The van der Waals surface area contributed by atoms with Gasteiger partial charge >= 0.3 is 0 Å². The molecule has 0 spiro atoms. The summed E-state index contributed by atoms with van der Waals surface area (Å²) >= 11 is 0. The Balaban J connectivity index is 1.31. The van der Waals surface area contributed by atoms with Gasteiger partial charge in [-0.25, -0.2) is 0 Å². The van der Waals surface area contributed by atoms with Crippen molar-refractivity contribution in [1.82, 2.24) is 9.47 Å². The number of hydrogen-bond donors (Lipinski definition) is 0. The Morgan fingerprint density at radius 3 is 2.26 bits per heavy atom. The van der Waals surface area contributed by atoms with Gasteiger partial charge in [0.2, 0.25) is 0 Å². The highest BCUT2D eigenvalue weighted by Crippen LogP contribution is 2.52. The lowest BCUT2D eigenvalue weighted by atomic mass is 9.68. The summed E-state index contributed by atoms with van der Waals surface area (Å²) in [5.41, 5.74) is 12.4. The summed E-state index contributed by atoms with van der Waals surface area (Å²) < 4.78 is 2.50. The second-order valence-electron chi connectivity index (χ2n) is 12.4. The van der Waals surface area contributed by atoms with Crippen molar-refractivity contribution in [3.63, 3.8) is 0 Å². The molecule has 210 valence electrons. The van der Waals surface area contributed by atoms with Gasteiger partial charge in [0.25, 0.3) is 0 Å². The van der Waals surface area contributed by atoms with Gasteiger partial charge in [0.1, 0.15) is 0 Å². The van der Waals surface area contributed by atoms with E-state index in [9.17, 15) is 0 Å². The lowest BCUT2D eigenvalue weighted by Crippen LogP contribution is -2.32. The van der Waals surface area contributed by atoms with Crippen LogP contribution in [0.5, 0.6) is 0 Å². The topological polar surface area (TPSA) is 17.9 Å². The Bertz CT molecular complexity index is 2120. The number of fused-ring (bicyclic) bond motifs is 6. The maximum Gasteiger partial charge on any atom is 0.0950 e. The van der Waals surface area contributed by atoms with Gasteiger partial charge in [-0.3, -0.25) is 0 Å². The highest BCUT2D eigenvalue weighted by atomic mass is 15.4. The quantitative estimate of drug-likeness (QED) is 0.218. The summed E-state index contributed by atoms with van der Waals surface area (Å²) in [6.07, 6.45) is 4.33. The number of para-hydroxylation sites is 4. The van der Waals surface area contributed by atoms with Gasteiger partial charge in [-0.05, 0) is 72.1 Å². The zero-order chi connectivity index (χ0) is 28.9. The van der Waals surface area contributed by atoms with Crippen LogP contribution in [-0.2, 0) is 5.41 Å². The molecule has 4 heterocycles. The van der Waals surface area contributed by atoms with Crippen LogP contribution in [-0.4, -0.2) is 36.9 Å². The maximum absolute atomic E-state index is 2.50. The summed E-state index contributed by atoms with van der Waals surface area (Å²) in [5.74, 6) is 0. The van der Waals surface area contributed by atoms with E-state index in [0.717, 1.165) is 13.3 Å². The van der Waals surface area contributed by atoms with Gasteiger partial charge in [0.05, 0.1) is 41.4 Å². The van der Waals surface area contributed by atoms with Crippen molar-refractivity contribution in [2.24, 2.45) is 0 Å². The fourth-order valence-corrected chi connectivity index (χ4v) is 7.71. The van der Waals surface area contributed by atoms with Crippen molar-refractivity contribution < 1.29 is 0 Å². The van der Waals surface area contributed by atoms with Crippen LogP contribution in [0.2, 0.25) is 0 Å². The van der Waals surface area contributed by atoms with E-state index >= 15 is 0 Å². The van der Waals surface area contributed by atoms with Crippen LogP contribution in [0.4, 0.5) is 22.7 Å². The molecule has 3 aliphatic heterocycles. The second-order valence-corrected chi connectivity index (χ2v) is 12.4. The average Bonchev–Trinajstić information content (AvgIpc) is 3.74. The van der Waals surface area contributed by atoms with E-state index in [2.05, 4.69) is 167 Å². The molecule has 6 aromatic rings. The third-order valence-corrected chi connectivity index (χ3v) is 9.87. The summed E-state index contributed by atoms with van der Waals surface area (Å²) in [7, 11) is 4.30. The third kappa shape index (κ3) is 3.28. The molecule has 0 saturated carbocycles. The number of benzene rings is 5. The molecule has 1 aromatic heterocycles. The van der Waals surface area contributed by atoms with E-state index in [0.29, 0.717) is 0 Å². The lowest BCUT2D eigenvalue weighted by Gasteiger charge is -2.39. The highest BCUT2D eigenvalue weighted by Gasteiger charge is 2.41. The molecule has 1 unspecified atom stereocenters. The first-order valence-corrected chi connectivity index (χ1v) is 15.0. The van der Waals surface area contributed by atoms with Crippen molar-refractivity contribution >= 4 is 44.6 Å². The van der Waals surface area contributed by atoms with Crippen LogP contribution in [0.1, 0.15) is 23.6 Å². The largest absolute Gasteiger partial charge is 0.361 e. The predicted octanol–water partition coefficient (Wildman–Crippen LogP) is 8.18.